The molecule has 6 nitrogen and oxygen atoms in total. The lowest BCUT2D eigenvalue weighted by atomic mass is 10.5. The summed E-state index contributed by atoms with van der Waals surface area (Å²) in [6.07, 6.45) is 2.82. The molecule has 0 fully saturated rings. The summed E-state index contributed by atoms with van der Waals surface area (Å²) in [6.45, 7) is 0.518. The molecule has 78 valence electrons. The highest BCUT2D eigenvalue weighted by Crippen LogP contribution is 2.11. The molecule has 0 bridgehead atoms. The van der Waals surface area contributed by atoms with Crippen molar-refractivity contribution in [3.8, 4) is 0 Å². The summed E-state index contributed by atoms with van der Waals surface area (Å²) < 4.78 is 4.91. The largest absolute Gasteiger partial charge is 0.476 e. The third-order valence-corrected chi connectivity index (χ3v) is 2.40. The molecule has 0 unspecified atom stereocenters. The molecule has 2 rings (SSSR count). The van der Waals surface area contributed by atoms with E-state index in [0.717, 1.165) is 11.1 Å². The summed E-state index contributed by atoms with van der Waals surface area (Å²) >= 11 is 1.50. The van der Waals surface area contributed by atoms with E-state index in [2.05, 4.69) is 15.3 Å². The van der Waals surface area contributed by atoms with Crippen LogP contribution in [-0.4, -0.2) is 21.0 Å². The first kappa shape index (κ1) is 9.66. The van der Waals surface area contributed by atoms with E-state index in [1.54, 1.807) is 11.7 Å². The van der Waals surface area contributed by atoms with Gasteiger partial charge < -0.3 is 14.8 Å². The number of nitrogens with zero attached hydrogens (tertiary/aromatic N) is 2. The number of anilines is 1. The third kappa shape index (κ3) is 2.32. The Hall–Kier alpha value is -1.89. The monoisotopic (exact) mass is 225 g/mol. The Morgan fingerprint density at radius 2 is 2.53 bits per heavy atom. The normalized spacial score (nSPS) is 10.1. The molecule has 0 aromatic carbocycles. The molecule has 2 aromatic rings. The Balaban J connectivity index is 1.96. The maximum Gasteiger partial charge on any atom is 0.357 e. The fraction of sp³-hybridized carbons (Fsp3) is 0.125. The molecule has 2 aromatic heterocycles. The summed E-state index contributed by atoms with van der Waals surface area (Å²) in [6, 6.07) is 0.195. The highest BCUT2D eigenvalue weighted by molar-refractivity contribution is 7.09. The van der Waals surface area contributed by atoms with Gasteiger partial charge in [-0.1, -0.05) is 0 Å². The third-order valence-electron chi connectivity index (χ3n) is 1.62. The van der Waals surface area contributed by atoms with Crippen molar-refractivity contribution < 1.29 is 14.3 Å². The van der Waals surface area contributed by atoms with Crippen LogP contribution in [-0.2, 0) is 6.54 Å². The van der Waals surface area contributed by atoms with Crippen molar-refractivity contribution >= 4 is 23.3 Å². The van der Waals surface area contributed by atoms with Gasteiger partial charge in [0.05, 0.1) is 12.1 Å². The van der Waals surface area contributed by atoms with Gasteiger partial charge in [-0.25, -0.2) is 4.79 Å². The minimum Gasteiger partial charge on any atom is -0.476 e. The number of rotatable bonds is 4. The Kier molecular flexibility index (Phi) is 2.64. The molecule has 0 aliphatic carbocycles. The number of hydrogen-bond donors (Lipinski definition) is 2. The van der Waals surface area contributed by atoms with Gasteiger partial charge >= 0.3 is 5.97 Å². The van der Waals surface area contributed by atoms with Crippen molar-refractivity contribution in [1.82, 2.24) is 9.97 Å². The average Bonchev–Trinajstić information content (AvgIpc) is 2.86. The molecule has 0 atom stereocenters. The number of carbonyl (C=O) groups is 1. The van der Waals surface area contributed by atoms with Gasteiger partial charge in [-0.2, -0.15) is 4.98 Å². The van der Waals surface area contributed by atoms with Crippen LogP contribution in [0.25, 0.3) is 0 Å². The predicted octanol–water partition coefficient (Wildman–Crippen LogP) is 1.44. The van der Waals surface area contributed by atoms with Crippen molar-refractivity contribution in [3.05, 3.63) is 28.5 Å². The van der Waals surface area contributed by atoms with Gasteiger partial charge in [0.15, 0.2) is 5.69 Å². The van der Waals surface area contributed by atoms with Crippen molar-refractivity contribution in [1.29, 1.82) is 0 Å². The summed E-state index contributed by atoms with van der Waals surface area (Å²) in [5.41, 5.74) is 1.61. The predicted molar refractivity (Wildman–Crippen MR) is 52.9 cm³/mol. The smallest absolute Gasteiger partial charge is 0.357 e. The number of nitrogens with one attached hydrogen (secondary N) is 1. The van der Waals surface area contributed by atoms with Crippen LogP contribution in [0.4, 0.5) is 6.01 Å². The standard InChI is InChI=1S/C8H7N3O3S/c12-7(13)6-3-14-8(11-6)10-2-5-1-9-4-15-5/h1,3-4H,2H2,(H,10,11)(H,12,13). The Morgan fingerprint density at radius 3 is 3.13 bits per heavy atom. The van der Waals surface area contributed by atoms with Gasteiger partial charge in [-0.05, 0) is 0 Å². The van der Waals surface area contributed by atoms with Gasteiger partial charge in [0, 0.05) is 11.1 Å². The van der Waals surface area contributed by atoms with Gasteiger partial charge in [0.1, 0.15) is 6.26 Å². The van der Waals surface area contributed by atoms with E-state index in [-0.39, 0.29) is 11.7 Å². The lowest BCUT2D eigenvalue weighted by Gasteiger charge is -1.96. The molecule has 0 saturated carbocycles. The van der Waals surface area contributed by atoms with Crippen LogP contribution in [0.15, 0.2) is 22.4 Å². The Labute approximate surface area is 88.6 Å². The summed E-state index contributed by atoms with van der Waals surface area (Å²) in [4.78, 5) is 19.1. The van der Waals surface area contributed by atoms with E-state index in [1.807, 2.05) is 0 Å². The second-order valence-corrected chi connectivity index (χ2v) is 3.64. The Bertz CT molecular complexity index is 451. The zero-order valence-electron chi connectivity index (χ0n) is 7.51. The fourth-order valence-corrected chi connectivity index (χ4v) is 1.48. The van der Waals surface area contributed by atoms with E-state index >= 15 is 0 Å². The van der Waals surface area contributed by atoms with Crippen LogP contribution in [0, 0.1) is 0 Å². The van der Waals surface area contributed by atoms with Crippen LogP contribution >= 0.6 is 11.3 Å². The van der Waals surface area contributed by atoms with Crippen molar-refractivity contribution in [3.63, 3.8) is 0 Å². The quantitative estimate of drug-likeness (QED) is 0.818. The molecule has 0 radical (unpaired) electrons. The number of carboxylic acid groups (broad SMARTS) is 1. The van der Waals surface area contributed by atoms with E-state index in [1.165, 1.54) is 11.3 Å². The molecule has 0 saturated heterocycles. The first-order valence-corrected chi connectivity index (χ1v) is 4.94. The molecular formula is C8H7N3O3S. The first-order valence-electron chi connectivity index (χ1n) is 4.06. The van der Waals surface area contributed by atoms with Crippen molar-refractivity contribution in [2.45, 2.75) is 6.54 Å². The molecule has 2 heterocycles. The maximum absolute atomic E-state index is 10.5. The highest BCUT2D eigenvalue weighted by atomic mass is 32.1. The number of hydrogen-bond acceptors (Lipinski definition) is 6. The zero-order chi connectivity index (χ0) is 10.7. The Morgan fingerprint density at radius 1 is 1.67 bits per heavy atom. The minimum absolute atomic E-state index is 0.109. The van der Waals surface area contributed by atoms with E-state index < -0.39 is 5.97 Å². The number of thiazole rings is 1. The summed E-state index contributed by atoms with van der Waals surface area (Å²) in [5, 5.41) is 11.4. The molecule has 0 aliphatic heterocycles. The van der Waals surface area contributed by atoms with Gasteiger partial charge in [-0.3, -0.25) is 4.98 Å². The molecule has 2 N–H and O–H groups in total. The van der Waals surface area contributed by atoms with Crippen LogP contribution in [0.5, 0.6) is 0 Å². The van der Waals surface area contributed by atoms with Crippen LogP contribution < -0.4 is 5.32 Å². The van der Waals surface area contributed by atoms with Crippen LogP contribution in [0.1, 0.15) is 15.4 Å². The maximum atomic E-state index is 10.5. The average molecular weight is 225 g/mol. The highest BCUT2D eigenvalue weighted by Gasteiger charge is 2.09. The fourth-order valence-electron chi connectivity index (χ4n) is 0.945. The zero-order valence-corrected chi connectivity index (χ0v) is 8.32. The molecule has 0 spiro atoms. The SMILES string of the molecule is O=C(O)c1coc(NCc2cncs2)n1. The number of aromatic nitrogens is 2. The van der Waals surface area contributed by atoms with Crippen LogP contribution in [0.2, 0.25) is 0 Å². The summed E-state index contributed by atoms with van der Waals surface area (Å²) in [5.74, 6) is -1.11. The molecule has 0 amide bonds. The molecule has 15 heavy (non-hydrogen) atoms. The van der Waals surface area contributed by atoms with Crippen molar-refractivity contribution in [2.75, 3.05) is 5.32 Å². The van der Waals surface area contributed by atoms with Crippen molar-refractivity contribution in [2.24, 2.45) is 0 Å². The lowest BCUT2D eigenvalue weighted by Crippen LogP contribution is -2.00. The van der Waals surface area contributed by atoms with Gasteiger partial charge in [0.25, 0.3) is 6.01 Å². The van der Waals surface area contributed by atoms with Gasteiger partial charge in [-0.15, -0.1) is 11.3 Å². The second kappa shape index (κ2) is 4.09. The molecule has 7 heteroatoms. The minimum atomic E-state index is -1.11. The number of oxazole rings is 1. The van der Waals surface area contributed by atoms with E-state index in [0.29, 0.717) is 6.54 Å². The lowest BCUT2D eigenvalue weighted by molar-refractivity contribution is 0.0690. The van der Waals surface area contributed by atoms with E-state index in [4.69, 9.17) is 9.52 Å². The summed E-state index contributed by atoms with van der Waals surface area (Å²) in [7, 11) is 0. The number of aromatic carboxylic acids is 1. The van der Waals surface area contributed by atoms with Gasteiger partial charge in [0.2, 0.25) is 0 Å². The molecular weight excluding hydrogens is 218 g/mol. The number of carboxylic acids is 1. The first-order chi connectivity index (χ1) is 7.25. The second-order valence-electron chi connectivity index (χ2n) is 2.66. The topological polar surface area (TPSA) is 88.2 Å². The van der Waals surface area contributed by atoms with E-state index in [9.17, 15) is 4.79 Å². The molecule has 0 aliphatic rings. The van der Waals surface area contributed by atoms with Crippen LogP contribution in [0.3, 0.4) is 0 Å².